The van der Waals surface area contributed by atoms with Crippen molar-refractivity contribution in [1.82, 2.24) is 5.32 Å². The minimum absolute atomic E-state index is 0.00420. The van der Waals surface area contributed by atoms with Crippen LogP contribution in [0.5, 0.6) is 0 Å². The molecule has 2 N–H and O–H groups in total. The van der Waals surface area contributed by atoms with Crippen molar-refractivity contribution in [2.45, 2.75) is 11.3 Å². The van der Waals surface area contributed by atoms with Gasteiger partial charge in [0.25, 0.3) is 0 Å². The van der Waals surface area contributed by atoms with Gasteiger partial charge in [0.2, 0.25) is 5.91 Å². The summed E-state index contributed by atoms with van der Waals surface area (Å²) < 4.78 is 27.5. The molecule has 7 heteroatoms. The van der Waals surface area contributed by atoms with Crippen LogP contribution in [0, 0.1) is 11.6 Å². The lowest BCUT2D eigenvalue weighted by molar-refractivity contribution is -0.120. The Bertz CT molecular complexity index is 874. The number of hydrogen-bond acceptors (Lipinski definition) is 2. The van der Waals surface area contributed by atoms with Gasteiger partial charge in [0, 0.05) is 24.7 Å². The minimum atomic E-state index is -0.970. The maximum Gasteiger partial charge on any atom is 0.237 e. The zero-order chi connectivity index (χ0) is 17.1. The fourth-order valence-electron chi connectivity index (χ4n) is 3.74. The van der Waals surface area contributed by atoms with Gasteiger partial charge in [0.15, 0.2) is 0 Å². The van der Waals surface area contributed by atoms with Crippen molar-refractivity contribution in [2.75, 3.05) is 18.4 Å². The molecule has 1 fully saturated rings. The van der Waals surface area contributed by atoms with E-state index in [4.69, 9.17) is 23.2 Å². The first-order valence-corrected chi connectivity index (χ1v) is 8.15. The molecule has 4 rings (SSSR count). The van der Waals surface area contributed by atoms with E-state index in [-0.39, 0.29) is 21.9 Å². The van der Waals surface area contributed by atoms with Crippen LogP contribution in [-0.2, 0) is 10.2 Å². The van der Waals surface area contributed by atoms with Gasteiger partial charge in [-0.3, -0.25) is 4.79 Å². The van der Waals surface area contributed by atoms with E-state index in [2.05, 4.69) is 10.6 Å². The molecule has 2 aromatic carbocycles. The van der Waals surface area contributed by atoms with E-state index in [1.165, 1.54) is 24.3 Å². The molecule has 1 amide bonds. The first kappa shape index (κ1) is 15.8. The molecule has 1 saturated heterocycles. The zero-order valence-electron chi connectivity index (χ0n) is 12.3. The molecule has 2 aliphatic rings. The predicted octanol–water partition coefficient (Wildman–Crippen LogP) is 3.85. The van der Waals surface area contributed by atoms with E-state index < -0.39 is 17.0 Å². The molecule has 2 aromatic rings. The smallest absolute Gasteiger partial charge is 0.237 e. The SMILES string of the molecule is O=C1Nc2cc(Cl)c(F)cc2C12CNCC2c1ccc(F)c(Cl)c1. The summed E-state index contributed by atoms with van der Waals surface area (Å²) in [5.41, 5.74) is 0.824. The summed E-state index contributed by atoms with van der Waals surface area (Å²) in [6.07, 6.45) is 0. The predicted molar refractivity (Wildman–Crippen MR) is 88.7 cm³/mol. The Balaban J connectivity index is 1.89. The summed E-state index contributed by atoms with van der Waals surface area (Å²) in [4.78, 5) is 12.8. The Morgan fingerprint density at radius 1 is 1.08 bits per heavy atom. The normalized spacial score (nSPS) is 25.2. The summed E-state index contributed by atoms with van der Waals surface area (Å²) in [5, 5.41) is 5.93. The molecule has 2 heterocycles. The lowest BCUT2D eigenvalue weighted by atomic mass is 9.70. The van der Waals surface area contributed by atoms with Crippen LogP contribution in [0.4, 0.5) is 14.5 Å². The summed E-state index contributed by atoms with van der Waals surface area (Å²) in [6.45, 7) is 0.853. The van der Waals surface area contributed by atoms with Crippen molar-refractivity contribution in [3.63, 3.8) is 0 Å². The van der Waals surface area contributed by atoms with E-state index in [1.807, 2.05) is 0 Å². The molecular formula is C17H12Cl2F2N2O. The molecule has 3 nitrogen and oxygen atoms in total. The lowest BCUT2D eigenvalue weighted by Crippen LogP contribution is -2.41. The highest BCUT2D eigenvalue weighted by Crippen LogP contribution is 2.50. The highest BCUT2D eigenvalue weighted by molar-refractivity contribution is 6.31. The lowest BCUT2D eigenvalue weighted by Gasteiger charge is -2.29. The third-order valence-electron chi connectivity index (χ3n) is 4.89. The van der Waals surface area contributed by atoms with Gasteiger partial charge in [-0.15, -0.1) is 0 Å². The van der Waals surface area contributed by atoms with Crippen LogP contribution in [0.3, 0.4) is 0 Å². The zero-order valence-corrected chi connectivity index (χ0v) is 13.8. The van der Waals surface area contributed by atoms with Crippen LogP contribution in [0.2, 0.25) is 10.0 Å². The van der Waals surface area contributed by atoms with Gasteiger partial charge in [0.05, 0.1) is 15.5 Å². The molecule has 2 atom stereocenters. The highest BCUT2D eigenvalue weighted by Gasteiger charge is 2.55. The van der Waals surface area contributed by atoms with E-state index in [1.54, 1.807) is 6.07 Å². The second-order valence-corrected chi connectivity index (χ2v) is 6.91. The molecule has 2 aliphatic heterocycles. The van der Waals surface area contributed by atoms with Crippen LogP contribution < -0.4 is 10.6 Å². The summed E-state index contributed by atoms with van der Waals surface area (Å²) in [5.74, 6) is -1.62. The molecular weight excluding hydrogens is 357 g/mol. The number of nitrogens with one attached hydrogen (secondary N) is 2. The molecule has 1 spiro atoms. The Morgan fingerprint density at radius 3 is 2.58 bits per heavy atom. The molecule has 24 heavy (non-hydrogen) atoms. The van der Waals surface area contributed by atoms with E-state index in [0.29, 0.717) is 24.3 Å². The highest BCUT2D eigenvalue weighted by atomic mass is 35.5. The van der Waals surface area contributed by atoms with Crippen molar-refractivity contribution >= 4 is 34.8 Å². The summed E-state index contributed by atoms with van der Waals surface area (Å²) in [6, 6.07) is 7.14. The molecule has 124 valence electrons. The maximum atomic E-state index is 14.0. The van der Waals surface area contributed by atoms with Gasteiger partial charge in [0.1, 0.15) is 11.6 Å². The van der Waals surface area contributed by atoms with Crippen LogP contribution in [0.1, 0.15) is 17.0 Å². The van der Waals surface area contributed by atoms with E-state index in [9.17, 15) is 13.6 Å². The number of amides is 1. The Labute approximate surface area is 147 Å². The van der Waals surface area contributed by atoms with Gasteiger partial charge in [-0.1, -0.05) is 29.3 Å². The number of halogens is 4. The molecule has 0 saturated carbocycles. The number of benzene rings is 2. The summed E-state index contributed by atoms with van der Waals surface area (Å²) in [7, 11) is 0. The number of fused-ring (bicyclic) bond motifs is 2. The molecule has 2 unspecified atom stereocenters. The van der Waals surface area contributed by atoms with Crippen LogP contribution >= 0.6 is 23.2 Å². The fourth-order valence-corrected chi connectivity index (χ4v) is 4.09. The largest absolute Gasteiger partial charge is 0.325 e. The molecule has 0 radical (unpaired) electrons. The Kier molecular flexibility index (Phi) is 3.56. The van der Waals surface area contributed by atoms with Crippen molar-refractivity contribution in [3.8, 4) is 0 Å². The average molecular weight is 369 g/mol. The van der Waals surface area contributed by atoms with E-state index >= 15 is 0 Å². The van der Waals surface area contributed by atoms with Crippen LogP contribution in [0.25, 0.3) is 0 Å². The van der Waals surface area contributed by atoms with Gasteiger partial charge in [-0.25, -0.2) is 8.78 Å². The Morgan fingerprint density at radius 2 is 1.83 bits per heavy atom. The second kappa shape index (κ2) is 5.41. The monoisotopic (exact) mass is 368 g/mol. The van der Waals surface area contributed by atoms with Gasteiger partial charge < -0.3 is 10.6 Å². The average Bonchev–Trinajstić information content (AvgIpc) is 3.08. The molecule has 0 aliphatic carbocycles. The van der Waals surface area contributed by atoms with Crippen LogP contribution in [0.15, 0.2) is 30.3 Å². The summed E-state index contributed by atoms with van der Waals surface area (Å²) >= 11 is 11.7. The number of anilines is 1. The van der Waals surface area contributed by atoms with Gasteiger partial charge in [-0.2, -0.15) is 0 Å². The standard InChI is InChI=1S/C17H12Cl2F2N2O/c18-11-3-8(1-2-13(11)20)10-6-22-7-17(10)9-4-14(21)12(19)5-15(9)23-16(17)24/h1-5,10,22H,6-7H2,(H,23,24). The number of carbonyl (C=O) groups is 1. The van der Waals surface area contributed by atoms with Crippen molar-refractivity contribution < 1.29 is 13.6 Å². The van der Waals surface area contributed by atoms with Crippen molar-refractivity contribution in [1.29, 1.82) is 0 Å². The third-order valence-corrected chi connectivity index (χ3v) is 5.47. The minimum Gasteiger partial charge on any atom is -0.325 e. The van der Waals surface area contributed by atoms with Gasteiger partial charge in [-0.05, 0) is 35.4 Å². The van der Waals surface area contributed by atoms with Crippen LogP contribution in [-0.4, -0.2) is 19.0 Å². The van der Waals surface area contributed by atoms with E-state index in [0.717, 1.165) is 5.56 Å². The maximum absolute atomic E-state index is 14.0. The Hall–Kier alpha value is -1.69. The number of rotatable bonds is 1. The molecule has 0 bridgehead atoms. The van der Waals surface area contributed by atoms with Crippen molar-refractivity contribution in [2.24, 2.45) is 0 Å². The number of hydrogen-bond donors (Lipinski definition) is 2. The molecule has 0 aromatic heterocycles. The quantitative estimate of drug-likeness (QED) is 0.802. The third kappa shape index (κ3) is 2.08. The number of carbonyl (C=O) groups excluding carboxylic acids is 1. The first-order chi connectivity index (χ1) is 11.4. The van der Waals surface area contributed by atoms with Gasteiger partial charge >= 0.3 is 0 Å². The fraction of sp³-hybridized carbons (Fsp3) is 0.235. The second-order valence-electron chi connectivity index (χ2n) is 6.09. The van der Waals surface area contributed by atoms with Crippen molar-refractivity contribution in [3.05, 3.63) is 63.1 Å². The topological polar surface area (TPSA) is 41.1 Å². The first-order valence-electron chi connectivity index (χ1n) is 7.40.